The van der Waals surface area contributed by atoms with Crippen molar-refractivity contribution in [2.75, 3.05) is 6.61 Å². The van der Waals surface area contributed by atoms with Crippen LogP contribution >= 0.6 is 0 Å². The molecule has 0 fully saturated rings. The van der Waals surface area contributed by atoms with Gasteiger partial charge in [0.05, 0.1) is 12.7 Å². The first-order chi connectivity index (χ1) is 8.29. The van der Waals surface area contributed by atoms with E-state index in [1.165, 1.54) is 5.57 Å². The van der Waals surface area contributed by atoms with Gasteiger partial charge in [-0.25, -0.2) is 0 Å². The quantitative estimate of drug-likeness (QED) is 0.657. The molecular formula is C15H24O3. The zero-order valence-corrected chi connectivity index (χ0v) is 11.5. The maximum Gasteiger partial charge on any atom is 0.106 e. The summed E-state index contributed by atoms with van der Waals surface area (Å²) in [6, 6.07) is 0. The third-order valence-electron chi connectivity index (χ3n) is 4.84. The molecule has 3 nitrogen and oxygen atoms in total. The molecule has 2 rings (SSSR count). The van der Waals surface area contributed by atoms with Crippen LogP contribution in [0.25, 0.3) is 0 Å². The van der Waals surface area contributed by atoms with E-state index in [2.05, 4.69) is 19.9 Å². The van der Waals surface area contributed by atoms with E-state index in [0.717, 1.165) is 24.8 Å². The first-order valence-corrected chi connectivity index (χ1v) is 6.74. The summed E-state index contributed by atoms with van der Waals surface area (Å²) >= 11 is 0. The fourth-order valence-electron chi connectivity index (χ4n) is 3.22. The maximum atomic E-state index is 10.2. The minimum absolute atomic E-state index is 0.0913. The molecule has 0 aromatic carbocycles. The van der Waals surface area contributed by atoms with Crippen molar-refractivity contribution in [3.8, 4) is 0 Å². The fourth-order valence-corrected chi connectivity index (χ4v) is 3.22. The number of aliphatic hydroxyl groups excluding tert-OH is 2. The largest absolute Gasteiger partial charge is 0.393 e. The van der Waals surface area contributed by atoms with Crippen LogP contribution in [0.15, 0.2) is 23.3 Å². The standard InChI is InChI=1S/C15H24O3/c1-10-6-13(17)7-11-4-5-12(8-14(10,11)2)15(3,18)9-16/h7-8,10,13,16-18H,4-6,9H2,1-3H3. The topological polar surface area (TPSA) is 60.7 Å². The van der Waals surface area contributed by atoms with E-state index in [1.807, 2.05) is 6.08 Å². The highest BCUT2D eigenvalue weighted by Gasteiger charge is 2.42. The van der Waals surface area contributed by atoms with Crippen molar-refractivity contribution in [2.24, 2.45) is 11.3 Å². The lowest BCUT2D eigenvalue weighted by Gasteiger charge is -2.45. The lowest BCUT2D eigenvalue weighted by atomic mass is 9.61. The molecule has 0 heterocycles. The Bertz CT molecular complexity index is 395. The summed E-state index contributed by atoms with van der Waals surface area (Å²) in [6.45, 7) is 5.73. The summed E-state index contributed by atoms with van der Waals surface area (Å²) in [6.07, 6.45) is 6.13. The summed E-state index contributed by atoms with van der Waals surface area (Å²) in [5.41, 5.74) is 0.982. The lowest BCUT2D eigenvalue weighted by molar-refractivity contribution is 0.0270. The van der Waals surface area contributed by atoms with Gasteiger partial charge in [-0.1, -0.05) is 31.6 Å². The van der Waals surface area contributed by atoms with Gasteiger partial charge in [-0.15, -0.1) is 0 Å². The van der Waals surface area contributed by atoms with Gasteiger partial charge in [0, 0.05) is 5.41 Å². The predicted octanol–water partition coefficient (Wildman–Crippen LogP) is 1.78. The Labute approximate surface area is 109 Å². The average molecular weight is 252 g/mol. The Morgan fingerprint density at radius 2 is 2.11 bits per heavy atom. The molecule has 0 spiro atoms. The van der Waals surface area contributed by atoms with Crippen LogP contribution in [-0.2, 0) is 0 Å². The summed E-state index contributed by atoms with van der Waals surface area (Å²) in [5.74, 6) is 0.345. The van der Waals surface area contributed by atoms with Crippen LogP contribution in [0.3, 0.4) is 0 Å². The zero-order chi connectivity index (χ0) is 13.6. The van der Waals surface area contributed by atoms with Crippen molar-refractivity contribution >= 4 is 0 Å². The minimum atomic E-state index is -1.12. The second-order valence-electron chi connectivity index (χ2n) is 6.28. The van der Waals surface area contributed by atoms with Gasteiger partial charge in [-0.05, 0) is 37.7 Å². The number of fused-ring (bicyclic) bond motifs is 1. The number of aliphatic hydroxyl groups is 3. The molecule has 0 aromatic rings. The van der Waals surface area contributed by atoms with E-state index in [9.17, 15) is 15.3 Å². The van der Waals surface area contributed by atoms with Gasteiger partial charge in [0.1, 0.15) is 5.60 Å². The molecule has 2 aliphatic rings. The highest BCUT2D eigenvalue weighted by molar-refractivity contribution is 5.36. The molecule has 0 saturated carbocycles. The molecule has 4 unspecified atom stereocenters. The smallest absolute Gasteiger partial charge is 0.106 e. The molecule has 102 valence electrons. The minimum Gasteiger partial charge on any atom is -0.393 e. The van der Waals surface area contributed by atoms with Gasteiger partial charge in [-0.2, -0.15) is 0 Å². The molecule has 0 bridgehead atoms. The predicted molar refractivity (Wildman–Crippen MR) is 71.0 cm³/mol. The molecule has 0 radical (unpaired) electrons. The van der Waals surface area contributed by atoms with Crippen LogP contribution < -0.4 is 0 Å². The van der Waals surface area contributed by atoms with Crippen molar-refractivity contribution in [1.82, 2.24) is 0 Å². The van der Waals surface area contributed by atoms with Crippen LogP contribution in [0, 0.1) is 11.3 Å². The highest BCUT2D eigenvalue weighted by atomic mass is 16.3. The Kier molecular flexibility index (Phi) is 3.43. The fraction of sp³-hybridized carbons (Fsp3) is 0.733. The van der Waals surface area contributed by atoms with Gasteiger partial charge in [0.25, 0.3) is 0 Å². The molecule has 2 aliphatic carbocycles. The van der Waals surface area contributed by atoms with Gasteiger partial charge >= 0.3 is 0 Å². The number of hydrogen-bond acceptors (Lipinski definition) is 3. The lowest BCUT2D eigenvalue weighted by Crippen LogP contribution is -2.40. The van der Waals surface area contributed by atoms with Crippen molar-refractivity contribution in [3.63, 3.8) is 0 Å². The van der Waals surface area contributed by atoms with Crippen LogP contribution in [0.4, 0.5) is 0 Å². The number of hydrogen-bond donors (Lipinski definition) is 3. The summed E-state index contributed by atoms with van der Waals surface area (Å²) in [7, 11) is 0. The zero-order valence-electron chi connectivity index (χ0n) is 11.5. The Hall–Kier alpha value is -0.640. The van der Waals surface area contributed by atoms with E-state index in [0.29, 0.717) is 5.92 Å². The van der Waals surface area contributed by atoms with E-state index >= 15 is 0 Å². The van der Waals surface area contributed by atoms with Crippen LogP contribution in [0.5, 0.6) is 0 Å². The molecule has 3 heteroatoms. The molecule has 0 aliphatic heterocycles. The van der Waals surface area contributed by atoms with Gasteiger partial charge in [0.15, 0.2) is 0 Å². The van der Waals surface area contributed by atoms with Gasteiger partial charge in [-0.3, -0.25) is 0 Å². The molecular weight excluding hydrogens is 228 g/mol. The molecule has 18 heavy (non-hydrogen) atoms. The molecule has 3 N–H and O–H groups in total. The summed E-state index contributed by atoms with van der Waals surface area (Å²) in [5, 5.41) is 29.3. The van der Waals surface area contributed by atoms with E-state index in [1.54, 1.807) is 6.92 Å². The summed E-state index contributed by atoms with van der Waals surface area (Å²) in [4.78, 5) is 0. The van der Waals surface area contributed by atoms with E-state index < -0.39 is 5.60 Å². The summed E-state index contributed by atoms with van der Waals surface area (Å²) < 4.78 is 0. The average Bonchev–Trinajstić information content (AvgIpc) is 2.30. The van der Waals surface area contributed by atoms with Crippen molar-refractivity contribution in [1.29, 1.82) is 0 Å². The second-order valence-corrected chi connectivity index (χ2v) is 6.28. The van der Waals surface area contributed by atoms with E-state index in [-0.39, 0.29) is 18.1 Å². The third-order valence-corrected chi connectivity index (χ3v) is 4.84. The maximum absolute atomic E-state index is 10.2. The van der Waals surface area contributed by atoms with E-state index in [4.69, 9.17) is 0 Å². The third kappa shape index (κ3) is 2.15. The SMILES string of the molecule is CC1CC(O)C=C2CCC(C(C)(O)CO)=CC21C. The number of allylic oxidation sites excluding steroid dienone is 2. The Balaban J connectivity index is 2.40. The second kappa shape index (κ2) is 4.48. The van der Waals surface area contributed by atoms with Crippen molar-refractivity contribution in [2.45, 2.75) is 51.7 Å². The van der Waals surface area contributed by atoms with Gasteiger partial charge < -0.3 is 15.3 Å². The normalized spacial score (nSPS) is 39.4. The number of rotatable bonds is 2. The molecule has 4 atom stereocenters. The molecule has 0 aromatic heterocycles. The monoisotopic (exact) mass is 252 g/mol. The van der Waals surface area contributed by atoms with Crippen molar-refractivity contribution in [3.05, 3.63) is 23.3 Å². The van der Waals surface area contributed by atoms with Crippen LogP contribution in [0.1, 0.15) is 40.0 Å². The van der Waals surface area contributed by atoms with Gasteiger partial charge in [0.2, 0.25) is 0 Å². The van der Waals surface area contributed by atoms with Crippen molar-refractivity contribution < 1.29 is 15.3 Å². The van der Waals surface area contributed by atoms with Crippen LogP contribution in [-0.4, -0.2) is 33.6 Å². The Morgan fingerprint density at radius 3 is 2.72 bits per heavy atom. The molecule has 0 saturated heterocycles. The highest BCUT2D eigenvalue weighted by Crippen LogP contribution is 2.50. The first-order valence-electron chi connectivity index (χ1n) is 6.74. The van der Waals surface area contributed by atoms with Crippen LogP contribution in [0.2, 0.25) is 0 Å². The first kappa shape index (κ1) is 13.8. The Morgan fingerprint density at radius 1 is 1.44 bits per heavy atom. The molecule has 0 amide bonds.